The average molecular weight is 290 g/mol. The first-order valence-corrected chi connectivity index (χ1v) is 7.54. The number of ether oxygens (including phenoxy) is 1. The molecular weight excluding hydrogens is 268 g/mol. The van der Waals surface area contributed by atoms with Gasteiger partial charge in [0.2, 0.25) is 5.91 Å². The Bertz CT molecular complexity index is 476. The largest absolute Gasteiger partial charge is 0.465 e. The number of carbonyl (C=O) groups is 2. The fraction of sp³-hybridized carbons (Fsp3) is 0.562. The molecule has 0 aliphatic carbocycles. The molecule has 1 aliphatic rings. The number of rotatable bonds is 6. The molecule has 2 rings (SSSR count). The van der Waals surface area contributed by atoms with Crippen molar-refractivity contribution in [1.29, 1.82) is 0 Å². The van der Waals surface area contributed by atoms with Crippen molar-refractivity contribution in [2.24, 2.45) is 5.92 Å². The van der Waals surface area contributed by atoms with Crippen LogP contribution in [0.2, 0.25) is 0 Å². The molecule has 1 aromatic rings. The first-order chi connectivity index (χ1) is 10.2. The van der Waals surface area contributed by atoms with E-state index in [9.17, 15) is 9.59 Å². The number of aromatic nitrogens is 1. The van der Waals surface area contributed by atoms with E-state index < -0.39 is 0 Å². The Morgan fingerprint density at radius 2 is 2.19 bits per heavy atom. The second-order valence-electron chi connectivity index (χ2n) is 5.30. The van der Waals surface area contributed by atoms with Gasteiger partial charge in [-0.1, -0.05) is 0 Å². The van der Waals surface area contributed by atoms with Crippen molar-refractivity contribution in [3.8, 4) is 0 Å². The number of piperidine rings is 1. The molecule has 0 bridgehead atoms. The van der Waals surface area contributed by atoms with Gasteiger partial charge in [-0.15, -0.1) is 0 Å². The van der Waals surface area contributed by atoms with Gasteiger partial charge in [-0.25, -0.2) is 0 Å². The topological polar surface area (TPSA) is 59.5 Å². The van der Waals surface area contributed by atoms with Gasteiger partial charge in [-0.05, 0) is 50.3 Å². The standard InChI is InChI=1S/C16H22N2O3/c1-2-21-15(19)12-18-11-3-4-14(16(18)20)6-5-13-7-9-17-10-8-13/h7-10,14H,2-6,11-12H2,1H3/t14-/m0/s1. The number of aryl methyl sites for hydroxylation is 1. The summed E-state index contributed by atoms with van der Waals surface area (Å²) in [7, 11) is 0. The van der Waals surface area contributed by atoms with Crippen molar-refractivity contribution >= 4 is 11.9 Å². The van der Waals surface area contributed by atoms with Crippen molar-refractivity contribution in [1.82, 2.24) is 9.88 Å². The molecule has 0 saturated carbocycles. The van der Waals surface area contributed by atoms with Crippen LogP contribution in [0.5, 0.6) is 0 Å². The molecule has 114 valence electrons. The number of nitrogens with zero attached hydrogens (tertiary/aromatic N) is 2. The number of esters is 1. The van der Waals surface area contributed by atoms with Crippen LogP contribution in [0.15, 0.2) is 24.5 Å². The fourth-order valence-electron chi connectivity index (χ4n) is 2.70. The van der Waals surface area contributed by atoms with E-state index >= 15 is 0 Å². The molecule has 1 aliphatic heterocycles. The van der Waals surface area contributed by atoms with Crippen LogP contribution in [-0.4, -0.2) is 41.5 Å². The van der Waals surface area contributed by atoms with E-state index in [1.165, 1.54) is 5.56 Å². The molecule has 21 heavy (non-hydrogen) atoms. The van der Waals surface area contributed by atoms with E-state index in [1.54, 1.807) is 24.2 Å². The fourth-order valence-corrected chi connectivity index (χ4v) is 2.70. The molecule has 0 aromatic carbocycles. The summed E-state index contributed by atoms with van der Waals surface area (Å²) in [5.74, 6) is -0.217. The van der Waals surface area contributed by atoms with Gasteiger partial charge < -0.3 is 9.64 Å². The molecule has 5 nitrogen and oxygen atoms in total. The van der Waals surface area contributed by atoms with Crippen LogP contribution in [0.25, 0.3) is 0 Å². The summed E-state index contributed by atoms with van der Waals surface area (Å²) in [5.41, 5.74) is 1.19. The lowest BCUT2D eigenvalue weighted by atomic mass is 9.91. The molecule has 1 saturated heterocycles. The van der Waals surface area contributed by atoms with Gasteiger partial charge in [-0.3, -0.25) is 14.6 Å². The van der Waals surface area contributed by atoms with E-state index in [0.29, 0.717) is 13.2 Å². The predicted molar refractivity (Wildman–Crippen MR) is 78.5 cm³/mol. The van der Waals surface area contributed by atoms with Crippen LogP contribution in [0.4, 0.5) is 0 Å². The molecule has 0 radical (unpaired) electrons. The lowest BCUT2D eigenvalue weighted by molar-refractivity contribution is -0.151. The van der Waals surface area contributed by atoms with Crippen molar-refractivity contribution in [2.45, 2.75) is 32.6 Å². The number of pyridine rings is 1. The lowest BCUT2D eigenvalue weighted by Gasteiger charge is -2.31. The normalized spacial score (nSPS) is 18.6. The first-order valence-electron chi connectivity index (χ1n) is 7.54. The lowest BCUT2D eigenvalue weighted by Crippen LogP contribution is -2.44. The third-order valence-corrected chi connectivity index (χ3v) is 3.80. The van der Waals surface area contributed by atoms with Gasteiger partial charge in [0.15, 0.2) is 0 Å². The van der Waals surface area contributed by atoms with Gasteiger partial charge >= 0.3 is 5.97 Å². The highest BCUT2D eigenvalue weighted by Gasteiger charge is 2.29. The number of hydrogen-bond acceptors (Lipinski definition) is 4. The summed E-state index contributed by atoms with van der Waals surface area (Å²) in [4.78, 5) is 29.5. The Hall–Kier alpha value is -1.91. The second kappa shape index (κ2) is 7.76. The van der Waals surface area contributed by atoms with Gasteiger partial charge in [0.1, 0.15) is 6.54 Å². The van der Waals surface area contributed by atoms with E-state index in [1.807, 2.05) is 12.1 Å². The van der Waals surface area contributed by atoms with Crippen molar-refractivity contribution in [3.63, 3.8) is 0 Å². The molecule has 0 N–H and O–H groups in total. The SMILES string of the molecule is CCOC(=O)CN1CCC[C@@H](CCc2ccncc2)C1=O. The van der Waals surface area contributed by atoms with Crippen LogP contribution in [0, 0.1) is 5.92 Å². The minimum atomic E-state index is -0.319. The van der Waals surface area contributed by atoms with Crippen LogP contribution < -0.4 is 0 Å². The number of hydrogen-bond donors (Lipinski definition) is 0. The van der Waals surface area contributed by atoms with Crippen LogP contribution >= 0.6 is 0 Å². The Morgan fingerprint density at radius 3 is 2.90 bits per heavy atom. The molecule has 1 atom stereocenters. The van der Waals surface area contributed by atoms with Gasteiger partial charge in [0.05, 0.1) is 6.61 Å². The smallest absolute Gasteiger partial charge is 0.325 e. The molecule has 0 unspecified atom stereocenters. The molecular formula is C16H22N2O3. The Labute approximate surface area is 125 Å². The molecule has 1 aromatic heterocycles. The number of amides is 1. The predicted octanol–water partition coefficient (Wildman–Crippen LogP) is 1.82. The first kappa shape index (κ1) is 15.5. The van der Waals surface area contributed by atoms with Gasteiger partial charge in [0, 0.05) is 24.9 Å². The van der Waals surface area contributed by atoms with Gasteiger partial charge in [-0.2, -0.15) is 0 Å². The zero-order chi connectivity index (χ0) is 15.1. The van der Waals surface area contributed by atoms with E-state index in [2.05, 4.69) is 4.98 Å². The summed E-state index contributed by atoms with van der Waals surface area (Å²) in [5, 5.41) is 0. The van der Waals surface area contributed by atoms with Crippen molar-refractivity contribution in [3.05, 3.63) is 30.1 Å². The highest BCUT2D eigenvalue weighted by atomic mass is 16.5. The molecule has 0 spiro atoms. The van der Waals surface area contributed by atoms with Crippen molar-refractivity contribution < 1.29 is 14.3 Å². The van der Waals surface area contributed by atoms with E-state index in [0.717, 1.165) is 25.7 Å². The molecule has 1 fully saturated rings. The third-order valence-electron chi connectivity index (χ3n) is 3.80. The van der Waals surface area contributed by atoms with Crippen LogP contribution in [0.3, 0.4) is 0 Å². The summed E-state index contributed by atoms with van der Waals surface area (Å²) in [6.45, 7) is 2.86. The highest BCUT2D eigenvalue weighted by Crippen LogP contribution is 2.22. The monoisotopic (exact) mass is 290 g/mol. The van der Waals surface area contributed by atoms with Crippen LogP contribution in [-0.2, 0) is 20.7 Å². The zero-order valence-corrected chi connectivity index (χ0v) is 12.5. The quantitative estimate of drug-likeness (QED) is 0.750. The molecule has 5 heteroatoms. The van der Waals surface area contributed by atoms with Crippen molar-refractivity contribution in [2.75, 3.05) is 19.7 Å². The average Bonchev–Trinajstić information content (AvgIpc) is 2.49. The Balaban J connectivity index is 1.86. The Kier molecular flexibility index (Phi) is 5.72. The van der Waals surface area contributed by atoms with E-state index in [4.69, 9.17) is 4.74 Å². The maximum Gasteiger partial charge on any atom is 0.325 e. The minimum absolute atomic E-state index is 0.0151. The van der Waals surface area contributed by atoms with Crippen LogP contribution in [0.1, 0.15) is 31.7 Å². The minimum Gasteiger partial charge on any atom is -0.465 e. The number of likely N-dealkylation sites (tertiary alicyclic amines) is 1. The third kappa shape index (κ3) is 4.55. The summed E-state index contributed by atoms with van der Waals surface area (Å²) in [6.07, 6.45) is 7.08. The maximum atomic E-state index is 12.4. The molecule has 2 heterocycles. The maximum absolute atomic E-state index is 12.4. The van der Waals surface area contributed by atoms with Gasteiger partial charge in [0.25, 0.3) is 0 Å². The summed E-state index contributed by atoms with van der Waals surface area (Å²) in [6, 6.07) is 3.95. The second-order valence-corrected chi connectivity index (χ2v) is 5.30. The summed E-state index contributed by atoms with van der Waals surface area (Å²) < 4.78 is 4.92. The summed E-state index contributed by atoms with van der Waals surface area (Å²) >= 11 is 0. The zero-order valence-electron chi connectivity index (χ0n) is 12.5. The highest BCUT2D eigenvalue weighted by molar-refractivity contribution is 5.84. The molecule has 1 amide bonds. The van der Waals surface area contributed by atoms with E-state index in [-0.39, 0.29) is 24.3 Å². The Morgan fingerprint density at radius 1 is 1.43 bits per heavy atom. The number of carbonyl (C=O) groups excluding carboxylic acids is 2.